The second-order valence-electron chi connectivity index (χ2n) is 7.54. The van der Waals surface area contributed by atoms with E-state index in [1.807, 2.05) is 18.2 Å². The van der Waals surface area contributed by atoms with Crippen LogP contribution in [0.25, 0.3) is 22.0 Å². The van der Waals surface area contributed by atoms with Crippen molar-refractivity contribution in [3.05, 3.63) is 78.4 Å². The van der Waals surface area contributed by atoms with Crippen LogP contribution in [0.2, 0.25) is 0 Å². The largest absolute Gasteiger partial charge is 0.344 e. The third-order valence-corrected chi connectivity index (χ3v) is 9.12. The molecule has 0 fully saturated rings. The SMILES string of the molecule is N#Cc1ccc(-c2ccc3c(c2)N(S(=O)(=O)c2cc4ccccc4[nH]2)CCS3(O)O)cc1. The molecule has 1 aromatic heterocycles. The van der Waals surface area contributed by atoms with E-state index in [1.54, 1.807) is 54.6 Å². The normalized spacial score (nSPS) is 16.3. The predicted octanol–water partition coefficient (Wildman–Crippen LogP) is 5.02. The molecule has 3 N–H and O–H groups in total. The summed E-state index contributed by atoms with van der Waals surface area (Å²) in [5, 5.41) is 9.85. The zero-order valence-electron chi connectivity index (χ0n) is 16.8. The topological polar surface area (TPSA) is 117 Å². The molecule has 0 radical (unpaired) electrons. The van der Waals surface area contributed by atoms with Crippen LogP contribution in [0.4, 0.5) is 5.69 Å². The van der Waals surface area contributed by atoms with E-state index >= 15 is 0 Å². The van der Waals surface area contributed by atoms with Gasteiger partial charge in [-0.2, -0.15) is 24.3 Å². The Balaban J connectivity index is 1.64. The summed E-state index contributed by atoms with van der Waals surface area (Å²) in [6.07, 6.45) is 0. The Labute approximate surface area is 187 Å². The average molecular weight is 466 g/mol. The van der Waals surface area contributed by atoms with Gasteiger partial charge in [0, 0.05) is 10.9 Å². The maximum Gasteiger partial charge on any atom is 0.279 e. The Bertz CT molecular complexity index is 1450. The first kappa shape index (κ1) is 20.6. The van der Waals surface area contributed by atoms with E-state index in [1.165, 1.54) is 4.31 Å². The number of fused-ring (bicyclic) bond motifs is 2. The molecule has 9 heteroatoms. The van der Waals surface area contributed by atoms with Crippen molar-refractivity contribution in [1.29, 1.82) is 5.26 Å². The summed E-state index contributed by atoms with van der Waals surface area (Å²) in [4.78, 5) is 3.17. The van der Waals surface area contributed by atoms with Crippen molar-refractivity contribution in [2.45, 2.75) is 9.92 Å². The lowest BCUT2D eigenvalue weighted by Crippen LogP contribution is -2.38. The zero-order valence-corrected chi connectivity index (χ0v) is 18.4. The quantitative estimate of drug-likeness (QED) is 0.392. The van der Waals surface area contributed by atoms with Crippen LogP contribution in [0.15, 0.2) is 82.7 Å². The minimum Gasteiger partial charge on any atom is -0.344 e. The van der Waals surface area contributed by atoms with Crippen molar-refractivity contribution in [3.63, 3.8) is 0 Å². The highest BCUT2D eigenvalue weighted by Gasteiger charge is 2.36. The van der Waals surface area contributed by atoms with Gasteiger partial charge in [-0.15, -0.1) is 0 Å². The molecule has 0 saturated carbocycles. The number of aromatic amines is 1. The molecule has 0 saturated heterocycles. The summed E-state index contributed by atoms with van der Waals surface area (Å²) in [5.74, 6) is -0.0737. The highest BCUT2D eigenvalue weighted by Crippen LogP contribution is 2.56. The average Bonchev–Trinajstić information content (AvgIpc) is 3.24. The summed E-state index contributed by atoms with van der Waals surface area (Å²) in [7, 11) is -7.08. The predicted molar refractivity (Wildman–Crippen MR) is 125 cm³/mol. The highest BCUT2D eigenvalue weighted by atomic mass is 32.3. The lowest BCUT2D eigenvalue weighted by molar-refractivity contribution is 0.484. The first-order valence-corrected chi connectivity index (χ1v) is 13.0. The van der Waals surface area contributed by atoms with Gasteiger partial charge in [0.25, 0.3) is 10.0 Å². The number of nitrogens with zero attached hydrogens (tertiary/aromatic N) is 2. The second-order valence-corrected chi connectivity index (χ2v) is 11.6. The Morgan fingerprint density at radius 1 is 0.969 bits per heavy atom. The summed E-state index contributed by atoms with van der Waals surface area (Å²) < 4.78 is 49.6. The Kier molecular flexibility index (Phi) is 4.76. The number of nitriles is 1. The molecule has 162 valence electrons. The molecule has 0 amide bonds. The van der Waals surface area contributed by atoms with Crippen molar-refractivity contribution in [1.82, 2.24) is 4.98 Å². The van der Waals surface area contributed by atoms with E-state index in [9.17, 15) is 17.5 Å². The number of H-pyrrole nitrogens is 1. The monoisotopic (exact) mass is 465 g/mol. The standard InChI is InChI=1S/C23H19N3O4S2/c24-15-16-5-7-17(8-6-16)18-9-10-22-21(13-18)26(11-12-31(22,27)28)32(29,30)23-14-19-3-1-2-4-20(19)25-23/h1-10,13-14,25,27-28H,11-12H2. The molecular weight excluding hydrogens is 446 g/mol. The number of hydrogen-bond acceptors (Lipinski definition) is 5. The van der Waals surface area contributed by atoms with Crippen LogP contribution in [-0.2, 0) is 10.0 Å². The maximum absolute atomic E-state index is 13.6. The van der Waals surface area contributed by atoms with Gasteiger partial charge in [-0.1, -0.05) is 36.4 Å². The van der Waals surface area contributed by atoms with Gasteiger partial charge >= 0.3 is 0 Å². The van der Waals surface area contributed by atoms with Gasteiger partial charge in [0.05, 0.1) is 34.5 Å². The summed E-state index contributed by atoms with van der Waals surface area (Å²) in [6.45, 7) is -0.0517. The van der Waals surface area contributed by atoms with Crippen LogP contribution in [0.1, 0.15) is 5.56 Å². The van der Waals surface area contributed by atoms with Gasteiger partial charge in [0.1, 0.15) is 0 Å². The van der Waals surface area contributed by atoms with E-state index in [0.29, 0.717) is 16.6 Å². The molecule has 4 aromatic rings. The molecule has 2 heterocycles. The van der Waals surface area contributed by atoms with Gasteiger partial charge in [0.2, 0.25) is 0 Å². The number of para-hydroxylation sites is 1. The van der Waals surface area contributed by atoms with E-state index < -0.39 is 20.6 Å². The highest BCUT2D eigenvalue weighted by molar-refractivity contribution is 8.24. The van der Waals surface area contributed by atoms with Crippen LogP contribution in [-0.4, -0.2) is 34.8 Å². The Morgan fingerprint density at radius 3 is 2.41 bits per heavy atom. The maximum atomic E-state index is 13.6. The number of anilines is 1. The van der Waals surface area contributed by atoms with Crippen molar-refractivity contribution in [2.75, 3.05) is 16.6 Å². The Hall–Kier alpha value is -3.29. The molecule has 1 aliphatic rings. The molecule has 5 rings (SSSR count). The lowest BCUT2D eigenvalue weighted by Gasteiger charge is -2.42. The van der Waals surface area contributed by atoms with Crippen molar-refractivity contribution in [2.24, 2.45) is 0 Å². The van der Waals surface area contributed by atoms with Gasteiger partial charge in [-0.25, -0.2) is 0 Å². The number of rotatable bonds is 3. The fourth-order valence-electron chi connectivity index (χ4n) is 3.90. The van der Waals surface area contributed by atoms with E-state index in [-0.39, 0.29) is 27.9 Å². The molecule has 0 atom stereocenters. The first-order valence-electron chi connectivity index (χ1n) is 9.81. The molecule has 7 nitrogen and oxygen atoms in total. The minimum absolute atomic E-state index is 0.0480. The van der Waals surface area contributed by atoms with E-state index in [2.05, 4.69) is 11.1 Å². The number of nitrogens with one attached hydrogen (secondary N) is 1. The molecular formula is C23H19N3O4S2. The number of sulfonamides is 1. The molecule has 32 heavy (non-hydrogen) atoms. The Morgan fingerprint density at radius 2 is 1.69 bits per heavy atom. The number of aromatic nitrogens is 1. The smallest absolute Gasteiger partial charge is 0.279 e. The molecule has 0 unspecified atom stereocenters. The van der Waals surface area contributed by atoms with Crippen LogP contribution >= 0.6 is 10.6 Å². The van der Waals surface area contributed by atoms with Crippen LogP contribution in [0, 0.1) is 11.3 Å². The first-order chi connectivity index (χ1) is 15.3. The van der Waals surface area contributed by atoms with Gasteiger partial charge in [0.15, 0.2) is 5.03 Å². The number of benzene rings is 3. The van der Waals surface area contributed by atoms with Crippen molar-refractivity contribution >= 4 is 37.2 Å². The lowest BCUT2D eigenvalue weighted by atomic mass is 10.0. The van der Waals surface area contributed by atoms with Crippen molar-refractivity contribution < 1.29 is 17.5 Å². The van der Waals surface area contributed by atoms with Gasteiger partial charge in [-0.3, -0.25) is 13.4 Å². The van der Waals surface area contributed by atoms with Crippen LogP contribution < -0.4 is 4.31 Å². The van der Waals surface area contributed by atoms with E-state index in [0.717, 1.165) is 10.9 Å². The summed E-state index contributed by atoms with van der Waals surface area (Å²) >= 11 is 0. The molecule has 0 spiro atoms. The van der Waals surface area contributed by atoms with Gasteiger partial charge in [-0.05, 0) is 47.5 Å². The fraction of sp³-hybridized carbons (Fsp3) is 0.0870. The molecule has 3 aromatic carbocycles. The van der Waals surface area contributed by atoms with Crippen LogP contribution in [0.5, 0.6) is 0 Å². The molecule has 1 aliphatic heterocycles. The second kappa shape index (κ2) is 7.39. The third-order valence-electron chi connectivity index (χ3n) is 5.58. The zero-order chi connectivity index (χ0) is 22.5. The van der Waals surface area contributed by atoms with E-state index in [4.69, 9.17) is 5.26 Å². The van der Waals surface area contributed by atoms with Crippen LogP contribution in [0.3, 0.4) is 0 Å². The summed E-state index contributed by atoms with van der Waals surface area (Å²) in [5.41, 5.74) is 2.97. The number of hydrogen-bond donors (Lipinski definition) is 3. The van der Waals surface area contributed by atoms with Gasteiger partial charge < -0.3 is 4.98 Å². The van der Waals surface area contributed by atoms with Crippen molar-refractivity contribution in [3.8, 4) is 17.2 Å². The summed E-state index contributed by atoms with van der Waals surface area (Å²) in [6, 6.07) is 22.8. The third kappa shape index (κ3) is 3.34. The fourth-order valence-corrected chi connectivity index (χ4v) is 7.01. The molecule has 0 aliphatic carbocycles. The minimum atomic E-state index is -3.97. The molecule has 0 bridgehead atoms.